The number of rotatable bonds is 5. The molecule has 10 nitrogen and oxygen atoms in total. The van der Waals surface area contributed by atoms with Crippen molar-refractivity contribution >= 4 is 41.4 Å². The quantitative estimate of drug-likeness (QED) is 0.272. The first-order valence-electron chi connectivity index (χ1n) is 11.2. The number of carbonyl (C=O) groups excluding carboxylic acids is 5. The second-order valence-electron chi connectivity index (χ2n) is 8.52. The summed E-state index contributed by atoms with van der Waals surface area (Å²) in [6.07, 6.45) is 4.91. The third-order valence-corrected chi connectivity index (χ3v) is 6.51. The summed E-state index contributed by atoms with van der Waals surface area (Å²) in [5, 5.41) is 5.82. The van der Waals surface area contributed by atoms with Crippen LogP contribution in [-0.4, -0.2) is 60.0 Å². The molecular formula is C26H21N3O7. The molecule has 0 radical (unpaired) electrons. The van der Waals surface area contributed by atoms with Crippen LogP contribution in [0.15, 0.2) is 65.8 Å². The van der Waals surface area contributed by atoms with Crippen molar-refractivity contribution in [3.63, 3.8) is 0 Å². The highest BCUT2D eigenvalue weighted by Crippen LogP contribution is 2.46. The van der Waals surface area contributed by atoms with E-state index in [0.29, 0.717) is 0 Å². The first-order chi connectivity index (χ1) is 17.3. The molecule has 10 heteroatoms. The molecule has 36 heavy (non-hydrogen) atoms. The highest BCUT2D eigenvalue weighted by Gasteiger charge is 2.64. The maximum Gasteiger partial charge on any atom is 0.339 e. The number of esters is 2. The lowest BCUT2D eigenvalue weighted by atomic mass is 9.86. The summed E-state index contributed by atoms with van der Waals surface area (Å²) < 4.78 is 9.85. The number of hydrogen-bond acceptors (Lipinski definition) is 9. The third-order valence-electron chi connectivity index (χ3n) is 6.51. The second-order valence-corrected chi connectivity index (χ2v) is 8.52. The standard InChI is InChI=1S/C26H21N3O7/c1-14(30)36-16-11-9-15(10-12-16)23(31)22-21-20(19-8-5-13-27-29(19)22)24(32)28(25(21)33)18-7-4-3-6-17(18)26(34)35-2/h3-13,19-22H,1-2H3/t19-,20-,21-,22+/m0/s1. The lowest BCUT2D eigenvalue weighted by molar-refractivity contribution is -0.132. The van der Waals surface area contributed by atoms with E-state index in [2.05, 4.69) is 5.10 Å². The topological polar surface area (TPSA) is 123 Å². The second kappa shape index (κ2) is 8.88. The van der Waals surface area contributed by atoms with E-state index in [1.165, 1.54) is 61.7 Å². The van der Waals surface area contributed by atoms with Crippen LogP contribution in [0.5, 0.6) is 5.75 Å². The lowest BCUT2D eigenvalue weighted by Gasteiger charge is -2.30. The van der Waals surface area contributed by atoms with Gasteiger partial charge in [0, 0.05) is 18.7 Å². The minimum absolute atomic E-state index is 0.0691. The van der Waals surface area contributed by atoms with Crippen LogP contribution >= 0.6 is 0 Å². The van der Waals surface area contributed by atoms with Gasteiger partial charge in [-0.3, -0.25) is 24.2 Å². The van der Waals surface area contributed by atoms with Crippen molar-refractivity contribution in [3.05, 3.63) is 71.8 Å². The van der Waals surface area contributed by atoms with Gasteiger partial charge in [-0.2, -0.15) is 5.10 Å². The molecule has 3 aliphatic heterocycles. The molecule has 2 fully saturated rings. The van der Waals surface area contributed by atoms with Crippen molar-refractivity contribution < 1.29 is 33.4 Å². The number of allylic oxidation sites excluding steroid dienone is 1. The van der Waals surface area contributed by atoms with E-state index in [9.17, 15) is 24.0 Å². The van der Waals surface area contributed by atoms with Gasteiger partial charge in [-0.05, 0) is 42.5 Å². The first-order valence-corrected chi connectivity index (χ1v) is 11.2. The number of para-hydroxylation sites is 1. The van der Waals surface area contributed by atoms with Gasteiger partial charge in [0.15, 0.2) is 5.78 Å². The Labute approximate surface area is 205 Å². The lowest BCUT2D eigenvalue weighted by Crippen LogP contribution is -2.46. The Hall–Kier alpha value is -4.60. The van der Waals surface area contributed by atoms with Gasteiger partial charge < -0.3 is 9.47 Å². The number of anilines is 1. The van der Waals surface area contributed by atoms with E-state index < -0.39 is 53.5 Å². The smallest absolute Gasteiger partial charge is 0.339 e. The number of ketones is 1. The molecule has 0 saturated carbocycles. The zero-order valence-corrected chi connectivity index (χ0v) is 19.4. The number of benzene rings is 2. The molecule has 3 heterocycles. The molecule has 0 N–H and O–H groups in total. The average Bonchev–Trinajstić information content (AvgIpc) is 3.35. The molecule has 0 bridgehead atoms. The van der Waals surface area contributed by atoms with Crippen LogP contribution in [0.25, 0.3) is 0 Å². The number of carbonyl (C=O) groups is 5. The van der Waals surface area contributed by atoms with Crippen LogP contribution in [0, 0.1) is 11.8 Å². The van der Waals surface area contributed by atoms with Crippen molar-refractivity contribution in [1.29, 1.82) is 0 Å². The number of Topliss-reactive ketones (excluding diaryl/α,β-unsaturated/α-hetero) is 1. The Bertz CT molecular complexity index is 1350. The van der Waals surface area contributed by atoms with Crippen molar-refractivity contribution in [3.8, 4) is 5.75 Å². The Morgan fingerprint density at radius 3 is 2.33 bits per heavy atom. The highest BCUT2D eigenvalue weighted by molar-refractivity contribution is 6.26. The number of imide groups is 1. The molecule has 182 valence electrons. The number of amides is 2. The fourth-order valence-electron chi connectivity index (χ4n) is 5.05. The van der Waals surface area contributed by atoms with Crippen LogP contribution < -0.4 is 9.64 Å². The molecule has 2 aromatic carbocycles. The Balaban J connectivity index is 1.54. The third kappa shape index (κ3) is 3.58. The minimum Gasteiger partial charge on any atom is -0.465 e. The van der Waals surface area contributed by atoms with Crippen LogP contribution in [0.4, 0.5) is 5.69 Å². The minimum atomic E-state index is -1.05. The SMILES string of the molecule is COC(=O)c1ccccc1N1C(=O)[C@@H]2[C@H](C1=O)[C@H](C(=O)c1ccc(OC(C)=O)cc1)N1N=CC=C[C@@H]21. The van der Waals surface area contributed by atoms with Gasteiger partial charge >= 0.3 is 11.9 Å². The van der Waals surface area contributed by atoms with Crippen LogP contribution in [0.2, 0.25) is 0 Å². The van der Waals surface area contributed by atoms with E-state index in [1.54, 1.807) is 24.3 Å². The zero-order chi connectivity index (χ0) is 25.6. The molecule has 2 aromatic rings. The Morgan fingerprint density at radius 1 is 0.944 bits per heavy atom. The summed E-state index contributed by atoms with van der Waals surface area (Å²) in [6, 6.07) is 10.5. The largest absolute Gasteiger partial charge is 0.465 e. The number of hydrazone groups is 1. The van der Waals surface area contributed by atoms with Crippen molar-refractivity contribution in [2.24, 2.45) is 16.9 Å². The molecule has 0 aromatic heterocycles. The zero-order valence-electron chi connectivity index (χ0n) is 19.4. The molecule has 2 saturated heterocycles. The number of hydrogen-bond donors (Lipinski definition) is 0. The molecule has 0 spiro atoms. The molecule has 3 aliphatic rings. The summed E-state index contributed by atoms with van der Waals surface area (Å²) in [5.74, 6) is -4.30. The van der Waals surface area contributed by atoms with Gasteiger partial charge in [0.25, 0.3) is 0 Å². The van der Waals surface area contributed by atoms with E-state index >= 15 is 0 Å². The van der Waals surface area contributed by atoms with Crippen molar-refractivity contribution in [2.75, 3.05) is 12.0 Å². The van der Waals surface area contributed by atoms with E-state index in [0.717, 1.165) is 4.90 Å². The fraction of sp³-hybridized carbons (Fsp3) is 0.231. The van der Waals surface area contributed by atoms with Gasteiger partial charge in [0.1, 0.15) is 11.8 Å². The van der Waals surface area contributed by atoms with Crippen LogP contribution in [0.1, 0.15) is 27.6 Å². The summed E-state index contributed by atoms with van der Waals surface area (Å²) >= 11 is 0. The first kappa shape index (κ1) is 23.2. The number of fused-ring (bicyclic) bond motifs is 3. The predicted octanol–water partition coefficient (Wildman–Crippen LogP) is 2.00. The summed E-state index contributed by atoms with van der Waals surface area (Å²) in [4.78, 5) is 65.6. The molecule has 4 atom stereocenters. The Morgan fingerprint density at radius 2 is 1.64 bits per heavy atom. The average molecular weight is 487 g/mol. The van der Waals surface area contributed by atoms with Crippen LogP contribution in [-0.2, 0) is 19.1 Å². The molecule has 5 rings (SSSR count). The Kier molecular flexibility index (Phi) is 5.71. The monoisotopic (exact) mass is 487 g/mol. The van der Waals surface area contributed by atoms with Gasteiger partial charge in [0.2, 0.25) is 11.8 Å². The predicted molar refractivity (Wildman–Crippen MR) is 126 cm³/mol. The van der Waals surface area contributed by atoms with Crippen LogP contribution in [0.3, 0.4) is 0 Å². The number of ether oxygens (including phenoxy) is 2. The van der Waals surface area contributed by atoms with E-state index in [4.69, 9.17) is 9.47 Å². The van der Waals surface area contributed by atoms with Gasteiger partial charge in [-0.15, -0.1) is 0 Å². The van der Waals surface area contributed by atoms with Gasteiger partial charge in [0.05, 0.1) is 36.2 Å². The maximum absolute atomic E-state index is 13.8. The molecule has 0 aliphatic carbocycles. The van der Waals surface area contributed by atoms with E-state index in [1.807, 2.05) is 0 Å². The van der Waals surface area contributed by atoms with Crippen molar-refractivity contribution in [1.82, 2.24) is 5.01 Å². The van der Waals surface area contributed by atoms with Crippen molar-refractivity contribution in [2.45, 2.75) is 19.0 Å². The fourth-order valence-corrected chi connectivity index (χ4v) is 5.05. The number of methoxy groups -OCH3 is 1. The normalized spacial score (nSPS) is 23.9. The molecule has 2 amide bonds. The van der Waals surface area contributed by atoms with E-state index in [-0.39, 0.29) is 22.6 Å². The summed E-state index contributed by atoms with van der Waals surface area (Å²) in [6.45, 7) is 1.27. The highest BCUT2D eigenvalue weighted by atomic mass is 16.5. The molecular weight excluding hydrogens is 466 g/mol. The molecule has 0 unspecified atom stereocenters. The summed E-state index contributed by atoms with van der Waals surface area (Å²) in [5.41, 5.74) is 0.453. The van der Waals surface area contributed by atoms with Gasteiger partial charge in [-0.25, -0.2) is 9.69 Å². The maximum atomic E-state index is 13.8. The number of nitrogens with zero attached hydrogens (tertiary/aromatic N) is 3. The van der Waals surface area contributed by atoms with Gasteiger partial charge in [-0.1, -0.05) is 18.2 Å². The summed E-state index contributed by atoms with van der Waals surface area (Å²) in [7, 11) is 1.21.